The molecule has 2 aliphatic rings. The Bertz CT molecular complexity index is 726. The molecule has 0 aliphatic carbocycles. The zero-order chi connectivity index (χ0) is 15.2. The molecule has 3 rings (SSSR count). The third kappa shape index (κ3) is 2.65. The Labute approximate surface area is 123 Å². The van der Waals surface area contributed by atoms with Crippen LogP contribution in [0.15, 0.2) is 18.2 Å². The second kappa shape index (κ2) is 4.84. The molecule has 0 saturated carbocycles. The van der Waals surface area contributed by atoms with Crippen LogP contribution in [0.1, 0.15) is 22.3 Å². The Balaban J connectivity index is 1.80. The second-order valence-electron chi connectivity index (χ2n) is 5.57. The van der Waals surface area contributed by atoms with Crippen molar-refractivity contribution in [2.45, 2.75) is 18.9 Å². The standard InChI is InChI=1S/C14H16N2O4S/c1-16(11-4-5-21(19,20)8-11)14(18)10-3-2-9-7-13(17)15-12(9)6-10/h2-3,6,11H,4-5,7-8H2,1H3,(H,15,17). The summed E-state index contributed by atoms with van der Waals surface area (Å²) in [5.41, 5.74) is 2.00. The van der Waals surface area contributed by atoms with Gasteiger partial charge in [0.1, 0.15) is 0 Å². The van der Waals surface area contributed by atoms with E-state index >= 15 is 0 Å². The lowest BCUT2D eigenvalue weighted by molar-refractivity contribution is -0.115. The van der Waals surface area contributed by atoms with E-state index in [1.165, 1.54) is 4.90 Å². The molecule has 21 heavy (non-hydrogen) atoms. The number of rotatable bonds is 2. The van der Waals surface area contributed by atoms with Crippen molar-refractivity contribution >= 4 is 27.3 Å². The Morgan fingerprint density at radius 2 is 2.14 bits per heavy atom. The van der Waals surface area contributed by atoms with E-state index in [1.807, 2.05) is 0 Å². The Morgan fingerprint density at radius 1 is 1.38 bits per heavy atom. The van der Waals surface area contributed by atoms with Gasteiger partial charge in [0.25, 0.3) is 5.91 Å². The van der Waals surface area contributed by atoms with Gasteiger partial charge < -0.3 is 10.2 Å². The summed E-state index contributed by atoms with van der Waals surface area (Å²) in [5.74, 6) is -0.141. The van der Waals surface area contributed by atoms with E-state index in [4.69, 9.17) is 0 Å². The van der Waals surface area contributed by atoms with Gasteiger partial charge in [0, 0.05) is 24.3 Å². The number of nitrogens with zero attached hydrogens (tertiary/aromatic N) is 1. The van der Waals surface area contributed by atoms with Gasteiger partial charge in [-0.2, -0.15) is 0 Å². The number of hydrogen-bond donors (Lipinski definition) is 1. The van der Waals surface area contributed by atoms with E-state index in [0.29, 0.717) is 24.1 Å². The molecule has 112 valence electrons. The van der Waals surface area contributed by atoms with E-state index in [-0.39, 0.29) is 29.4 Å². The lowest BCUT2D eigenvalue weighted by Gasteiger charge is -2.23. The van der Waals surface area contributed by atoms with Crippen LogP contribution in [0.4, 0.5) is 5.69 Å². The van der Waals surface area contributed by atoms with Crippen LogP contribution in [-0.4, -0.2) is 49.7 Å². The number of carbonyl (C=O) groups excluding carboxylic acids is 2. The molecule has 2 aliphatic heterocycles. The van der Waals surface area contributed by atoms with Crippen LogP contribution >= 0.6 is 0 Å². The Morgan fingerprint density at radius 3 is 2.81 bits per heavy atom. The van der Waals surface area contributed by atoms with Gasteiger partial charge in [-0.15, -0.1) is 0 Å². The van der Waals surface area contributed by atoms with Crippen molar-refractivity contribution in [2.75, 3.05) is 23.9 Å². The fourth-order valence-corrected chi connectivity index (χ4v) is 4.57. The first-order valence-electron chi connectivity index (χ1n) is 6.76. The molecule has 1 aromatic rings. The maximum atomic E-state index is 12.4. The first kappa shape index (κ1) is 14.1. The van der Waals surface area contributed by atoms with Crippen molar-refractivity contribution in [3.8, 4) is 0 Å². The molecule has 1 atom stereocenters. The predicted octanol–water partition coefficient (Wildman–Crippen LogP) is 0.440. The van der Waals surface area contributed by atoms with Crippen molar-refractivity contribution in [1.29, 1.82) is 0 Å². The summed E-state index contributed by atoms with van der Waals surface area (Å²) < 4.78 is 23.0. The summed E-state index contributed by atoms with van der Waals surface area (Å²) in [6, 6.07) is 4.83. The molecule has 7 heteroatoms. The molecule has 2 heterocycles. The van der Waals surface area contributed by atoms with Crippen molar-refractivity contribution in [2.24, 2.45) is 0 Å². The smallest absolute Gasteiger partial charge is 0.253 e. The maximum absolute atomic E-state index is 12.4. The Hall–Kier alpha value is -1.89. The van der Waals surface area contributed by atoms with Gasteiger partial charge in [-0.3, -0.25) is 9.59 Å². The molecule has 0 spiro atoms. The number of carbonyl (C=O) groups is 2. The monoisotopic (exact) mass is 308 g/mol. The van der Waals surface area contributed by atoms with Crippen LogP contribution in [0.25, 0.3) is 0 Å². The van der Waals surface area contributed by atoms with Gasteiger partial charge >= 0.3 is 0 Å². The van der Waals surface area contributed by atoms with E-state index in [9.17, 15) is 18.0 Å². The second-order valence-corrected chi connectivity index (χ2v) is 7.80. The summed E-state index contributed by atoms with van der Waals surface area (Å²) >= 11 is 0. The summed E-state index contributed by atoms with van der Waals surface area (Å²) in [6.45, 7) is 0. The molecule has 2 amide bonds. The molecule has 1 saturated heterocycles. The molecule has 0 bridgehead atoms. The minimum atomic E-state index is -3.02. The van der Waals surface area contributed by atoms with Crippen molar-refractivity contribution in [3.05, 3.63) is 29.3 Å². The van der Waals surface area contributed by atoms with E-state index < -0.39 is 9.84 Å². The third-order valence-corrected chi connectivity index (χ3v) is 5.81. The molecule has 1 unspecified atom stereocenters. The van der Waals surface area contributed by atoms with E-state index in [1.54, 1.807) is 25.2 Å². The van der Waals surface area contributed by atoms with E-state index in [0.717, 1.165) is 5.56 Å². The number of amides is 2. The largest absolute Gasteiger partial charge is 0.338 e. The number of anilines is 1. The molecule has 6 nitrogen and oxygen atoms in total. The molecular weight excluding hydrogens is 292 g/mol. The lowest BCUT2D eigenvalue weighted by Crippen LogP contribution is -2.37. The highest BCUT2D eigenvalue weighted by atomic mass is 32.2. The lowest BCUT2D eigenvalue weighted by atomic mass is 10.1. The van der Waals surface area contributed by atoms with Gasteiger partial charge in [-0.1, -0.05) is 6.07 Å². The highest BCUT2D eigenvalue weighted by Gasteiger charge is 2.33. The number of nitrogens with one attached hydrogen (secondary N) is 1. The quantitative estimate of drug-likeness (QED) is 0.859. The Kier molecular flexibility index (Phi) is 3.24. The first-order valence-corrected chi connectivity index (χ1v) is 8.58. The van der Waals surface area contributed by atoms with Crippen molar-refractivity contribution < 1.29 is 18.0 Å². The van der Waals surface area contributed by atoms with Crippen LogP contribution in [0.5, 0.6) is 0 Å². The summed E-state index contributed by atoms with van der Waals surface area (Å²) in [5, 5.41) is 2.71. The average molecular weight is 308 g/mol. The molecule has 0 aromatic heterocycles. The molecular formula is C14H16N2O4S. The average Bonchev–Trinajstić information content (AvgIpc) is 2.97. The fraction of sp³-hybridized carbons (Fsp3) is 0.429. The van der Waals surface area contributed by atoms with Gasteiger partial charge in [0.05, 0.1) is 17.9 Å². The van der Waals surface area contributed by atoms with Gasteiger partial charge in [0.2, 0.25) is 5.91 Å². The minimum absolute atomic E-state index is 0.0247. The highest BCUT2D eigenvalue weighted by molar-refractivity contribution is 7.91. The molecule has 1 fully saturated rings. The van der Waals surface area contributed by atoms with Crippen LogP contribution in [0, 0.1) is 0 Å². The van der Waals surface area contributed by atoms with Crippen LogP contribution < -0.4 is 5.32 Å². The topological polar surface area (TPSA) is 83.6 Å². The third-order valence-electron chi connectivity index (χ3n) is 4.06. The maximum Gasteiger partial charge on any atom is 0.253 e. The van der Waals surface area contributed by atoms with Crippen LogP contribution in [0.3, 0.4) is 0 Å². The SMILES string of the molecule is CN(C(=O)c1ccc2c(c1)NC(=O)C2)C1CCS(=O)(=O)C1. The summed E-state index contributed by atoms with van der Waals surface area (Å²) in [6.07, 6.45) is 0.812. The summed E-state index contributed by atoms with van der Waals surface area (Å²) in [7, 11) is -1.40. The molecule has 1 aromatic carbocycles. The first-order chi connectivity index (χ1) is 9.85. The molecule has 1 N–H and O–H groups in total. The van der Waals surface area contributed by atoms with E-state index in [2.05, 4.69) is 5.32 Å². The minimum Gasteiger partial charge on any atom is -0.338 e. The zero-order valence-electron chi connectivity index (χ0n) is 11.6. The van der Waals surface area contributed by atoms with Crippen molar-refractivity contribution in [1.82, 2.24) is 4.90 Å². The van der Waals surface area contributed by atoms with Crippen LogP contribution in [-0.2, 0) is 21.1 Å². The summed E-state index contributed by atoms with van der Waals surface area (Å²) in [4.78, 5) is 25.3. The number of benzene rings is 1. The predicted molar refractivity (Wildman–Crippen MR) is 77.9 cm³/mol. The number of sulfone groups is 1. The van der Waals surface area contributed by atoms with Crippen molar-refractivity contribution in [3.63, 3.8) is 0 Å². The highest BCUT2D eigenvalue weighted by Crippen LogP contribution is 2.25. The fourth-order valence-electron chi connectivity index (χ4n) is 2.80. The normalized spacial score (nSPS) is 22.7. The van der Waals surface area contributed by atoms with Crippen LogP contribution in [0.2, 0.25) is 0 Å². The van der Waals surface area contributed by atoms with Gasteiger partial charge in [0.15, 0.2) is 9.84 Å². The zero-order valence-corrected chi connectivity index (χ0v) is 12.4. The number of hydrogen-bond acceptors (Lipinski definition) is 4. The molecule has 0 radical (unpaired) electrons. The van der Waals surface area contributed by atoms with Gasteiger partial charge in [-0.25, -0.2) is 8.42 Å². The number of fused-ring (bicyclic) bond motifs is 1. The van der Waals surface area contributed by atoms with Gasteiger partial charge in [-0.05, 0) is 24.1 Å².